The number of rotatable bonds is 4. The predicted octanol–water partition coefficient (Wildman–Crippen LogP) is -0.773. The fraction of sp³-hybridized carbons (Fsp3) is 0.769. The van der Waals surface area contributed by atoms with Crippen LogP contribution in [0.3, 0.4) is 0 Å². The summed E-state index contributed by atoms with van der Waals surface area (Å²) in [6, 6.07) is -1.05. The largest absolute Gasteiger partial charge is 0.465 e. The summed E-state index contributed by atoms with van der Waals surface area (Å²) in [6.07, 6.45) is -0.0143. The van der Waals surface area contributed by atoms with Crippen LogP contribution in [0.15, 0.2) is 0 Å². The maximum atomic E-state index is 12.4. The quantitative estimate of drug-likeness (QED) is 0.590. The highest BCUT2D eigenvalue weighted by Gasteiger charge is 2.61. The van der Waals surface area contributed by atoms with E-state index in [4.69, 9.17) is 5.11 Å². The van der Waals surface area contributed by atoms with Gasteiger partial charge in [0.15, 0.2) is 0 Å². The van der Waals surface area contributed by atoms with Crippen LogP contribution in [0.25, 0.3) is 0 Å². The fourth-order valence-corrected chi connectivity index (χ4v) is 3.10. The lowest BCUT2D eigenvalue weighted by Crippen LogP contribution is -2.76. The van der Waals surface area contributed by atoms with Crippen molar-refractivity contribution in [2.75, 3.05) is 19.7 Å². The molecule has 118 valence electrons. The van der Waals surface area contributed by atoms with Crippen LogP contribution in [-0.4, -0.2) is 75.2 Å². The van der Waals surface area contributed by atoms with Crippen LogP contribution in [-0.2, 0) is 9.59 Å². The van der Waals surface area contributed by atoms with Gasteiger partial charge in [0.2, 0.25) is 5.91 Å². The van der Waals surface area contributed by atoms with Crippen molar-refractivity contribution in [2.24, 2.45) is 0 Å². The lowest BCUT2D eigenvalue weighted by atomic mass is 9.84. The molecule has 0 radical (unpaired) electrons. The summed E-state index contributed by atoms with van der Waals surface area (Å²) < 4.78 is 0. The minimum absolute atomic E-state index is 0.0983. The standard InChI is InChI=1S/C13H21N3O5/c1-8(2)14-10(18)9(6-17)15-7-13(11(15)19)4-3-5-16(13)12(20)21/h8-9,17H,3-7H2,1-2H3,(H,14,18)(H,20,21)/t9-,13?/m0/s1. The third kappa shape index (κ3) is 2.44. The molecular weight excluding hydrogens is 278 g/mol. The lowest BCUT2D eigenvalue weighted by Gasteiger charge is -2.52. The van der Waals surface area contributed by atoms with E-state index in [-0.39, 0.29) is 18.5 Å². The van der Waals surface area contributed by atoms with Crippen molar-refractivity contribution >= 4 is 17.9 Å². The van der Waals surface area contributed by atoms with Crippen molar-refractivity contribution < 1.29 is 24.6 Å². The summed E-state index contributed by atoms with van der Waals surface area (Å²) in [4.78, 5) is 38.0. The summed E-state index contributed by atoms with van der Waals surface area (Å²) in [5.41, 5.74) is -1.03. The Bertz CT molecular complexity index is 467. The monoisotopic (exact) mass is 299 g/mol. The van der Waals surface area contributed by atoms with Crippen LogP contribution in [0.4, 0.5) is 4.79 Å². The summed E-state index contributed by atoms with van der Waals surface area (Å²) in [5.74, 6) is -0.809. The third-order valence-corrected chi connectivity index (χ3v) is 4.09. The number of β-lactam (4-membered cyclic amide) rings is 1. The van der Waals surface area contributed by atoms with Gasteiger partial charge in [0.1, 0.15) is 11.6 Å². The van der Waals surface area contributed by atoms with Crippen molar-refractivity contribution in [1.82, 2.24) is 15.1 Å². The number of likely N-dealkylation sites (tertiary alicyclic amines) is 2. The molecule has 0 aromatic heterocycles. The lowest BCUT2D eigenvalue weighted by molar-refractivity contribution is -0.168. The molecule has 2 saturated heterocycles. The van der Waals surface area contributed by atoms with Crippen molar-refractivity contribution in [2.45, 2.75) is 44.3 Å². The zero-order valence-electron chi connectivity index (χ0n) is 12.2. The minimum Gasteiger partial charge on any atom is -0.465 e. The molecule has 0 saturated carbocycles. The number of hydrogen-bond donors (Lipinski definition) is 3. The van der Waals surface area contributed by atoms with E-state index in [0.717, 1.165) is 4.90 Å². The molecule has 21 heavy (non-hydrogen) atoms. The van der Waals surface area contributed by atoms with Gasteiger partial charge >= 0.3 is 6.09 Å². The van der Waals surface area contributed by atoms with Crippen molar-refractivity contribution in [3.63, 3.8) is 0 Å². The first kappa shape index (κ1) is 15.6. The third-order valence-electron chi connectivity index (χ3n) is 4.09. The highest BCUT2D eigenvalue weighted by Crippen LogP contribution is 2.39. The molecule has 8 heteroatoms. The molecule has 0 aromatic rings. The highest BCUT2D eigenvalue weighted by molar-refractivity contribution is 5.99. The molecule has 2 fully saturated rings. The summed E-state index contributed by atoms with van der Waals surface area (Å²) in [6.45, 7) is 3.59. The number of carbonyl (C=O) groups excluding carboxylic acids is 2. The second-order valence-corrected chi connectivity index (χ2v) is 5.86. The van der Waals surface area contributed by atoms with Crippen LogP contribution in [0.5, 0.6) is 0 Å². The van der Waals surface area contributed by atoms with Gasteiger partial charge in [0.05, 0.1) is 13.2 Å². The van der Waals surface area contributed by atoms with Gasteiger partial charge in [-0.3, -0.25) is 14.5 Å². The van der Waals surface area contributed by atoms with Crippen molar-refractivity contribution in [3.05, 3.63) is 0 Å². The maximum absolute atomic E-state index is 12.4. The molecule has 8 nitrogen and oxygen atoms in total. The van der Waals surface area contributed by atoms with Crippen LogP contribution >= 0.6 is 0 Å². The topological polar surface area (TPSA) is 110 Å². The molecule has 0 aromatic carbocycles. The maximum Gasteiger partial charge on any atom is 0.408 e. The van der Waals surface area contributed by atoms with E-state index in [0.29, 0.717) is 19.4 Å². The molecule has 0 aliphatic carbocycles. The summed E-state index contributed by atoms with van der Waals surface area (Å²) in [7, 11) is 0. The molecule has 2 aliphatic rings. The molecule has 2 heterocycles. The van der Waals surface area contributed by atoms with Gasteiger partial charge in [-0.1, -0.05) is 0 Å². The number of aliphatic hydroxyl groups is 1. The Balaban J connectivity index is 2.10. The summed E-state index contributed by atoms with van der Waals surface area (Å²) in [5, 5.41) is 21.2. The molecule has 3 N–H and O–H groups in total. The van der Waals surface area contributed by atoms with Crippen LogP contribution < -0.4 is 5.32 Å². The second-order valence-electron chi connectivity index (χ2n) is 5.86. The number of amides is 3. The van der Waals surface area contributed by atoms with Gasteiger partial charge in [0, 0.05) is 12.6 Å². The minimum atomic E-state index is -1.12. The Kier molecular flexibility index (Phi) is 4.08. The van der Waals surface area contributed by atoms with E-state index in [1.54, 1.807) is 13.8 Å². The predicted molar refractivity (Wildman–Crippen MR) is 72.6 cm³/mol. The second kappa shape index (κ2) is 5.51. The molecule has 1 unspecified atom stereocenters. The SMILES string of the molecule is CC(C)NC(=O)[C@H](CO)N1CC2(CCCN2C(=O)O)C1=O. The normalized spacial score (nSPS) is 26.2. The Labute approximate surface area is 122 Å². The van der Waals surface area contributed by atoms with Crippen molar-refractivity contribution in [3.8, 4) is 0 Å². The van der Waals surface area contributed by atoms with E-state index < -0.39 is 30.2 Å². The Morgan fingerprint density at radius 1 is 1.43 bits per heavy atom. The molecule has 3 amide bonds. The van der Waals surface area contributed by atoms with E-state index in [1.165, 1.54) is 4.90 Å². The van der Waals surface area contributed by atoms with Crippen LogP contribution in [0.2, 0.25) is 0 Å². The van der Waals surface area contributed by atoms with E-state index >= 15 is 0 Å². The van der Waals surface area contributed by atoms with E-state index in [1.807, 2.05) is 0 Å². The molecule has 2 atom stereocenters. The number of hydrogen-bond acceptors (Lipinski definition) is 4. The van der Waals surface area contributed by atoms with Crippen LogP contribution in [0, 0.1) is 0 Å². The van der Waals surface area contributed by atoms with Gasteiger partial charge in [0.25, 0.3) is 5.91 Å². The van der Waals surface area contributed by atoms with Gasteiger partial charge in [-0.25, -0.2) is 4.79 Å². The smallest absolute Gasteiger partial charge is 0.408 e. The van der Waals surface area contributed by atoms with Gasteiger partial charge in [-0.05, 0) is 26.7 Å². The Morgan fingerprint density at radius 3 is 2.57 bits per heavy atom. The van der Waals surface area contributed by atoms with E-state index in [9.17, 15) is 19.5 Å². The molecular formula is C13H21N3O5. The fourth-order valence-electron chi connectivity index (χ4n) is 3.10. The number of aliphatic hydroxyl groups excluding tert-OH is 1. The summed E-state index contributed by atoms with van der Waals surface area (Å²) >= 11 is 0. The van der Waals surface area contributed by atoms with E-state index in [2.05, 4.69) is 5.32 Å². The van der Waals surface area contributed by atoms with Gasteiger partial charge in [-0.15, -0.1) is 0 Å². The first-order valence-electron chi connectivity index (χ1n) is 7.06. The Hall–Kier alpha value is -1.83. The first-order valence-corrected chi connectivity index (χ1v) is 7.06. The zero-order chi connectivity index (χ0) is 15.8. The van der Waals surface area contributed by atoms with Gasteiger partial charge < -0.3 is 20.4 Å². The molecule has 2 rings (SSSR count). The van der Waals surface area contributed by atoms with Crippen LogP contribution in [0.1, 0.15) is 26.7 Å². The molecule has 1 spiro atoms. The number of carboxylic acid groups (broad SMARTS) is 1. The highest BCUT2D eigenvalue weighted by atomic mass is 16.4. The average molecular weight is 299 g/mol. The zero-order valence-corrected chi connectivity index (χ0v) is 12.2. The number of carbonyl (C=O) groups is 3. The average Bonchev–Trinajstić information content (AvgIpc) is 2.84. The number of nitrogens with one attached hydrogen (secondary N) is 1. The number of nitrogens with zero attached hydrogens (tertiary/aromatic N) is 2. The van der Waals surface area contributed by atoms with Gasteiger partial charge in [-0.2, -0.15) is 0 Å². The first-order chi connectivity index (χ1) is 9.83. The molecule has 0 bridgehead atoms. The molecule has 2 aliphatic heterocycles. The van der Waals surface area contributed by atoms with Crippen molar-refractivity contribution in [1.29, 1.82) is 0 Å². The Morgan fingerprint density at radius 2 is 2.10 bits per heavy atom.